The van der Waals surface area contributed by atoms with E-state index in [0.29, 0.717) is 30.6 Å². The van der Waals surface area contributed by atoms with Crippen molar-refractivity contribution in [3.63, 3.8) is 0 Å². The van der Waals surface area contributed by atoms with Crippen LogP contribution < -0.4 is 4.74 Å². The summed E-state index contributed by atoms with van der Waals surface area (Å²) in [6.07, 6.45) is 1.81. The van der Waals surface area contributed by atoms with Gasteiger partial charge >= 0.3 is 0 Å². The highest BCUT2D eigenvalue weighted by atomic mass is 16.5. The van der Waals surface area contributed by atoms with Crippen LogP contribution in [0.5, 0.6) is 5.75 Å². The van der Waals surface area contributed by atoms with Crippen molar-refractivity contribution in [1.29, 1.82) is 0 Å². The fourth-order valence-electron chi connectivity index (χ4n) is 3.35. The molecule has 7 heteroatoms. The third-order valence-corrected chi connectivity index (χ3v) is 4.88. The average Bonchev–Trinajstić information content (AvgIpc) is 3.41. The van der Waals surface area contributed by atoms with E-state index in [2.05, 4.69) is 31.8 Å². The average molecular weight is 374 g/mol. The van der Waals surface area contributed by atoms with Gasteiger partial charge in [-0.25, -0.2) is 4.98 Å². The van der Waals surface area contributed by atoms with Crippen LogP contribution in [-0.2, 0) is 17.9 Å². The molecule has 0 aliphatic carbocycles. The number of imidazole rings is 1. The normalized spacial score (nSPS) is 16.0. The summed E-state index contributed by atoms with van der Waals surface area (Å²) in [5.74, 6) is 1.68. The predicted molar refractivity (Wildman–Crippen MR) is 101 cm³/mol. The van der Waals surface area contributed by atoms with Crippen molar-refractivity contribution in [1.82, 2.24) is 19.7 Å². The molecule has 0 radical (unpaired) electrons. The van der Waals surface area contributed by atoms with Gasteiger partial charge in [0.15, 0.2) is 5.69 Å². The summed E-state index contributed by atoms with van der Waals surface area (Å²) in [6, 6.07) is 17.7. The van der Waals surface area contributed by atoms with Crippen molar-refractivity contribution in [3.05, 3.63) is 72.2 Å². The minimum atomic E-state index is 0.00768. The van der Waals surface area contributed by atoms with Gasteiger partial charge in [-0.05, 0) is 29.8 Å². The maximum Gasteiger partial charge on any atom is 0.278 e. The molecule has 7 nitrogen and oxygen atoms in total. The lowest BCUT2D eigenvalue weighted by Gasteiger charge is -2.25. The number of aromatic nitrogens is 4. The Morgan fingerprint density at radius 3 is 2.68 bits per heavy atom. The van der Waals surface area contributed by atoms with E-state index < -0.39 is 0 Å². The number of methoxy groups -OCH3 is 1. The fraction of sp³-hybridized carbons (Fsp3) is 0.190. The Bertz CT molecular complexity index is 1090. The molecule has 0 N–H and O–H groups in total. The first-order valence-corrected chi connectivity index (χ1v) is 9.01. The SMILES string of the molecule is COc1ccc(-c2noc(-c3ncn4c3COC(c3ccccc3)C4)n2)cc1. The largest absolute Gasteiger partial charge is 0.497 e. The van der Waals surface area contributed by atoms with Gasteiger partial charge in [0, 0.05) is 5.56 Å². The van der Waals surface area contributed by atoms with Gasteiger partial charge < -0.3 is 18.6 Å². The van der Waals surface area contributed by atoms with Crippen molar-refractivity contribution in [2.75, 3.05) is 7.11 Å². The van der Waals surface area contributed by atoms with Crippen LogP contribution in [0, 0.1) is 0 Å². The number of nitrogens with zero attached hydrogens (tertiary/aromatic N) is 4. The lowest BCUT2D eigenvalue weighted by molar-refractivity contribution is 0.00330. The van der Waals surface area contributed by atoms with E-state index in [-0.39, 0.29) is 6.10 Å². The second-order valence-corrected chi connectivity index (χ2v) is 6.55. The summed E-state index contributed by atoms with van der Waals surface area (Å²) >= 11 is 0. The highest BCUT2D eigenvalue weighted by Crippen LogP contribution is 2.31. The lowest BCUT2D eigenvalue weighted by Crippen LogP contribution is -2.20. The van der Waals surface area contributed by atoms with Crippen LogP contribution in [0.15, 0.2) is 65.4 Å². The Labute approximate surface area is 161 Å². The van der Waals surface area contributed by atoms with Crippen molar-refractivity contribution in [2.24, 2.45) is 0 Å². The Balaban J connectivity index is 1.40. The summed E-state index contributed by atoms with van der Waals surface area (Å²) in [4.78, 5) is 9.01. The van der Waals surface area contributed by atoms with Gasteiger partial charge in [-0.3, -0.25) is 0 Å². The fourth-order valence-corrected chi connectivity index (χ4v) is 3.35. The third kappa shape index (κ3) is 2.95. The molecule has 140 valence electrons. The van der Waals surface area contributed by atoms with Crippen molar-refractivity contribution < 1.29 is 14.0 Å². The first-order valence-electron chi connectivity index (χ1n) is 9.01. The van der Waals surface area contributed by atoms with Gasteiger partial charge in [0.25, 0.3) is 5.89 Å². The smallest absolute Gasteiger partial charge is 0.278 e. The van der Waals surface area contributed by atoms with E-state index in [1.165, 1.54) is 0 Å². The number of hydrogen-bond donors (Lipinski definition) is 0. The van der Waals surface area contributed by atoms with E-state index in [1.807, 2.05) is 42.5 Å². The monoisotopic (exact) mass is 374 g/mol. The number of ether oxygens (including phenoxy) is 2. The van der Waals surface area contributed by atoms with Gasteiger partial charge in [0.05, 0.1) is 32.3 Å². The molecule has 4 aromatic rings. The number of benzene rings is 2. The molecule has 0 spiro atoms. The lowest BCUT2D eigenvalue weighted by atomic mass is 10.1. The summed E-state index contributed by atoms with van der Waals surface area (Å²) in [5.41, 5.74) is 3.61. The van der Waals surface area contributed by atoms with E-state index in [0.717, 1.165) is 22.6 Å². The summed E-state index contributed by atoms with van der Waals surface area (Å²) < 4.78 is 18.8. The molecule has 0 saturated heterocycles. The second kappa shape index (κ2) is 6.94. The van der Waals surface area contributed by atoms with Crippen molar-refractivity contribution >= 4 is 0 Å². The van der Waals surface area contributed by atoms with Crippen LogP contribution in [0.1, 0.15) is 17.4 Å². The first kappa shape index (κ1) is 16.7. The first-order chi connectivity index (χ1) is 13.8. The van der Waals surface area contributed by atoms with Gasteiger partial charge in [-0.15, -0.1) is 0 Å². The van der Waals surface area contributed by atoms with Gasteiger partial charge in [-0.2, -0.15) is 4.98 Å². The quantitative estimate of drug-likeness (QED) is 0.540. The Hall–Kier alpha value is -3.45. The molecule has 5 rings (SSSR count). The van der Waals surface area contributed by atoms with E-state index >= 15 is 0 Å². The number of hydrogen-bond acceptors (Lipinski definition) is 6. The molecular weight excluding hydrogens is 356 g/mol. The molecule has 1 atom stereocenters. The Kier molecular flexibility index (Phi) is 4.14. The predicted octanol–water partition coefficient (Wildman–Crippen LogP) is 3.88. The number of fused-ring (bicyclic) bond motifs is 1. The number of rotatable bonds is 4. The van der Waals surface area contributed by atoms with Crippen LogP contribution >= 0.6 is 0 Å². The van der Waals surface area contributed by atoms with Crippen LogP contribution in [0.3, 0.4) is 0 Å². The summed E-state index contributed by atoms with van der Waals surface area (Å²) in [6.45, 7) is 1.14. The molecule has 1 unspecified atom stereocenters. The maximum atomic E-state index is 6.06. The molecule has 2 aromatic carbocycles. The van der Waals surface area contributed by atoms with Gasteiger partial charge in [0.1, 0.15) is 11.9 Å². The van der Waals surface area contributed by atoms with Gasteiger partial charge in [0.2, 0.25) is 5.82 Å². The second-order valence-electron chi connectivity index (χ2n) is 6.55. The molecule has 3 heterocycles. The highest BCUT2D eigenvalue weighted by Gasteiger charge is 2.26. The van der Waals surface area contributed by atoms with Crippen LogP contribution in [-0.4, -0.2) is 26.8 Å². The Morgan fingerprint density at radius 1 is 1.07 bits per heavy atom. The molecular formula is C21H18N4O3. The van der Waals surface area contributed by atoms with Crippen molar-refractivity contribution in [2.45, 2.75) is 19.3 Å². The third-order valence-electron chi connectivity index (χ3n) is 4.88. The minimum Gasteiger partial charge on any atom is -0.497 e. The standard InChI is InChI=1S/C21H18N4O3/c1-26-16-9-7-15(8-10-16)20-23-21(28-24-20)19-17-12-27-18(11-25(17)13-22-19)14-5-3-2-4-6-14/h2-10,13,18H,11-12H2,1H3. The topological polar surface area (TPSA) is 75.2 Å². The van der Waals surface area contributed by atoms with E-state index in [1.54, 1.807) is 13.4 Å². The molecule has 0 fully saturated rings. The maximum absolute atomic E-state index is 6.06. The summed E-state index contributed by atoms with van der Waals surface area (Å²) in [5, 5.41) is 4.09. The van der Waals surface area contributed by atoms with Crippen molar-refractivity contribution in [3.8, 4) is 28.7 Å². The van der Waals surface area contributed by atoms with Crippen LogP contribution in [0.2, 0.25) is 0 Å². The minimum absolute atomic E-state index is 0.00768. The Morgan fingerprint density at radius 2 is 1.89 bits per heavy atom. The molecule has 2 aromatic heterocycles. The van der Waals surface area contributed by atoms with Crippen LogP contribution in [0.4, 0.5) is 0 Å². The van der Waals surface area contributed by atoms with Crippen LogP contribution in [0.25, 0.3) is 23.0 Å². The zero-order chi connectivity index (χ0) is 18.9. The molecule has 1 aliphatic heterocycles. The molecule has 1 aliphatic rings. The molecule has 0 saturated carbocycles. The molecule has 28 heavy (non-hydrogen) atoms. The van der Waals surface area contributed by atoms with E-state index in [4.69, 9.17) is 14.0 Å². The molecule has 0 bridgehead atoms. The van der Waals surface area contributed by atoms with Gasteiger partial charge in [-0.1, -0.05) is 35.5 Å². The highest BCUT2D eigenvalue weighted by molar-refractivity contribution is 5.59. The summed E-state index contributed by atoms with van der Waals surface area (Å²) in [7, 11) is 1.63. The zero-order valence-corrected chi connectivity index (χ0v) is 15.3. The zero-order valence-electron chi connectivity index (χ0n) is 15.3. The molecule has 0 amide bonds. The van der Waals surface area contributed by atoms with E-state index in [9.17, 15) is 0 Å².